The van der Waals surface area contributed by atoms with Crippen LogP contribution in [0, 0.1) is 6.92 Å². The molecule has 0 spiro atoms. The summed E-state index contributed by atoms with van der Waals surface area (Å²) in [6, 6.07) is 0.943. The highest BCUT2D eigenvalue weighted by Gasteiger charge is 2.33. The molecule has 6 nitrogen and oxygen atoms in total. The summed E-state index contributed by atoms with van der Waals surface area (Å²) in [6.45, 7) is 6.73. The summed E-state index contributed by atoms with van der Waals surface area (Å²) in [5, 5.41) is 3.16. The Kier molecular flexibility index (Phi) is 4.49. The Bertz CT molecular complexity index is 1110. The van der Waals surface area contributed by atoms with E-state index in [0.717, 1.165) is 22.0 Å². The SMILES string of the molecule is Cc1cc(C(F)(F)F)nc2sc3c(=O)n(CC(=O)NC(C)(C)C)cnc3c12. The fourth-order valence-electron chi connectivity index (χ4n) is 2.71. The summed E-state index contributed by atoms with van der Waals surface area (Å²) in [6.07, 6.45) is -3.34. The zero-order chi connectivity index (χ0) is 20.1. The van der Waals surface area contributed by atoms with Gasteiger partial charge in [0.05, 0.1) is 11.8 Å². The van der Waals surface area contributed by atoms with Crippen molar-refractivity contribution in [3.63, 3.8) is 0 Å². The number of alkyl halides is 3. The number of aromatic nitrogens is 3. The van der Waals surface area contributed by atoms with Gasteiger partial charge >= 0.3 is 6.18 Å². The number of carbonyl (C=O) groups excluding carboxylic acids is 1. The van der Waals surface area contributed by atoms with E-state index in [1.54, 1.807) is 0 Å². The highest BCUT2D eigenvalue weighted by Crippen LogP contribution is 2.36. The number of rotatable bonds is 2. The number of hydrogen-bond acceptors (Lipinski definition) is 5. The Hall–Kier alpha value is -2.49. The van der Waals surface area contributed by atoms with Gasteiger partial charge in [-0.1, -0.05) is 0 Å². The van der Waals surface area contributed by atoms with Crippen molar-refractivity contribution in [2.24, 2.45) is 0 Å². The Morgan fingerprint density at radius 1 is 1.30 bits per heavy atom. The maximum atomic E-state index is 13.0. The van der Waals surface area contributed by atoms with Crippen LogP contribution in [-0.4, -0.2) is 26.0 Å². The quantitative estimate of drug-likeness (QED) is 0.719. The Morgan fingerprint density at radius 3 is 2.56 bits per heavy atom. The molecule has 0 fully saturated rings. The van der Waals surface area contributed by atoms with Crippen LogP contribution in [0.3, 0.4) is 0 Å². The maximum Gasteiger partial charge on any atom is 0.433 e. The minimum absolute atomic E-state index is 0.0961. The topological polar surface area (TPSA) is 76.9 Å². The van der Waals surface area contributed by atoms with Gasteiger partial charge in [-0.15, -0.1) is 11.3 Å². The molecular formula is C17H17F3N4O2S. The Morgan fingerprint density at radius 2 is 1.96 bits per heavy atom. The molecule has 144 valence electrons. The highest BCUT2D eigenvalue weighted by atomic mass is 32.1. The smallest absolute Gasteiger partial charge is 0.350 e. The summed E-state index contributed by atoms with van der Waals surface area (Å²) in [5.41, 5.74) is -1.31. The van der Waals surface area contributed by atoms with E-state index in [1.807, 2.05) is 20.8 Å². The molecule has 0 saturated carbocycles. The van der Waals surface area contributed by atoms with Crippen molar-refractivity contribution in [2.75, 3.05) is 0 Å². The van der Waals surface area contributed by atoms with Crippen molar-refractivity contribution >= 4 is 37.7 Å². The van der Waals surface area contributed by atoms with Gasteiger partial charge in [0.25, 0.3) is 5.56 Å². The lowest BCUT2D eigenvalue weighted by molar-refractivity contribution is -0.141. The predicted octanol–water partition coefficient (Wildman–Crippen LogP) is 3.25. The van der Waals surface area contributed by atoms with E-state index in [4.69, 9.17) is 0 Å². The van der Waals surface area contributed by atoms with Crippen molar-refractivity contribution in [1.82, 2.24) is 19.9 Å². The van der Waals surface area contributed by atoms with E-state index in [1.165, 1.54) is 13.3 Å². The van der Waals surface area contributed by atoms with Gasteiger partial charge in [-0.25, -0.2) is 9.97 Å². The molecule has 3 rings (SSSR count). The van der Waals surface area contributed by atoms with Gasteiger partial charge in [-0.05, 0) is 39.3 Å². The molecule has 27 heavy (non-hydrogen) atoms. The number of hydrogen-bond donors (Lipinski definition) is 1. The summed E-state index contributed by atoms with van der Waals surface area (Å²) in [5.74, 6) is -0.361. The van der Waals surface area contributed by atoms with Crippen molar-refractivity contribution in [2.45, 2.75) is 46.0 Å². The van der Waals surface area contributed by atoms with Gasteiger partial charge in [0, 0.05) is 10.9 Å². The van der Waals surface area contributed by atoms with Gasteiger partial charge in [0.2, 0.25) is 5.91 Å². The number of nitrogens with zero attached hydrogens (tertiary/aromatic N) is 3. The Balaban J connectivity index is 2.11. The first-order valence-electron chi connectivity index (χ1n) is 8.04. The molecule has 1 N–H and O–H groups in total. The summed E-state index contributed by atoms with van der Waals surface area (Å²) in [7, 11) is 0. The molecule has 3 heterocycles. The third-order valence-electron chi connectivity index (χ3n) is 3.73. The number of thiophene rings is 1. The zero-order valence-corrected chi connectivity index (χ0v) is 15.9. The molecule has 0 aliphatic rings. The summed E-state index contributed by atoms with van der Waals surface area (Å²) in [4.78, 5) is 32.7. The number of amides is 1. The Labute approximate surface area is 156 Å². The van der Waals surface area contributed by atoms with E-state index >= 15 is 0 Å². The lowest BCUT2D eigenvalue weighted by atomic mass is 10.1. The van der Waals surface area contributed by atoms with Crippen LogP contribution in [0.1, 0.15) is 32.0 Å². The second kappa shape index (κ2) is 6.29. The monoisotopic (exact) mass is 398 g/mol. The molecule has 10 heteroatoms. The van der Waals surface area contributed by atoms with Crippen LogP contribution in [0.2, 0.25) is 0 Å². The minimum Gasteiger partial charge on any atom is -0.350 e. The molecule has 1 amide bonds. The molecule has 0 aliphatic carbocycles. The van der Waals surface area contributed by atoms with E-state index in [-0.39, 0.29) is 22.0 Å². The van der Waals surface area contributed by atoms with E-state index in [2.05, 4.69) is 15.3 Å². The molecule has 0 aromatic carbocycles. The number of pyridine rings is 1. The fraction of sp³-hybridized carbons (Fsp3) is 0.412. The van der Waals surface area contributed by atoms with Crippen molar-refractivity contribution in [3.8, 4) is 0 Å². The normalized spacial score (nSPS) is 12.7. The van der Waals surface area contributed by atoms with Crippen LogP contribution in [0.25, 0.3) is 20.4 Å². The van der Waals surface area contributed by atoms with Gasteiger partial charge in [0.1, 0.15) is 21.8 Å². The molecular weight excluding hydrogens is 381 g/mol. The van der Waals surface area contributed by atoms with Crippen LogP contribution < -0.4 is 10.9 Å². The van der Waals surface area contributed by atoms with E-state index in [0.29, 0.717) is 16.5 Å². The molecule has 0 atom stereocenters. The largest absolute Gasteiger partial charge is 0.433 e. The van der Waals surface area contributed by atoms with Crippen LogP contribution in [-0.2, 0) is 17.5 Å². The fourth-order valence-corrected chi connectivity index (χ4v) is 3.87. The van der Waals surface area contributed by atoms with Crippen LogP contribution in [0.4, 0.5) is 13.2 Å². The van der Waals surface area contributed by atoms with E-state index in [9.17, 15) is 22.8 Å². The molecule has 3 aromatic heterocycles. The van der Waals surface area contributed by atoms with E-state index < -0.39 is 23.0 Å². The van der Waals surface area contributed by atoms with Crippen LogP contribution in [0.15, 0.2) is 17.2 Å². The third kappa shape index (κ3) is 3.80. The molecule has 3 aromatic rings. The lowest BCUT2D eigenvalue weighted by Gasteiger charge is -2.20. The summed E-state index contributed by atoms with van der Waals surface area (Å²) >= 11 is 0.848. The number of aryl methyl sites for hydroxylation is 1. The first kappa shape index (κ1) is 19.3. The van der Waals surface area contributed by atoms with Gasteiger partial charge in [-0.2, -0.15) is 13.2 Å². The first-order chi connectivity index (χ1) is 12.4. The first-order valence-corrected chi connectivity index (χ1v) is 8.86. The maximum absolute atomic E-state index is 13.0. The number of carbonyl (C=O) groups is 1. The minimum atomic E-state index is -4.58. The van der Waals surface area contributed by atoms with Crippen LogP contribution >= 0.6 is 11.3 Å². The van der Waals surface area contributed by atoms with Crippen molar-refractivity contribution in [3.05, 3.63) is 34.0 Å². The number of nitrogens with one attached hydrogen (secondary N) is 1. The second-order valence-corrected chi connectivity index (χ2v) is 8.26. The van der Waals surface area contributed by atoms with Crippen molar-refractivity contribution < 1.29 is 18.0 Å². The number of fused-ring (bicyclic) bond motifs is 3. The second-order valence-electron chi connectivity index (χ2n) is 7.26. The summed E-state index contributed by atoms with van der Waals surface area (Å²) < 4.78 is 40.3. The lowest BCUT2D eigenvalue weighted by Crippen LogP contribution is -2.43. The highest BCUT2D eigenvalue weighted by molar-refractivity contribution is 7.25. The average molecular weight is 398 g/mol. The standard InChI is InChI=1S/C17H17F3N4O2S/c1-8-5-9(17(18,19)20)22-14-11(8)12-13(27-14)15(26)24(7-21-12)6-10(25)23-16(2,3)4/h5,7H,6H2,1-4H3,(H,23,25). The average Bonchev–Trinajstić information content (AvgIpc) is 2.87. The van der Waals surface area contributed by atoms with Gasteiger partial charge in [-0.3, -0.25) is 14.2 Å². The molecule has 0 saturated heterocycles. The predicted molar refractivity (Wildman–Crippen MR) is 96.8 cm³/mol. The third-order valence-corrected chi connectivity index (χ3v) is 4.80. The molecule has 0 aliphatic heterocycles. The molecule has 0 radical (unpaired) electrons. The molecule has 0 unspecified atom stereocenters. The molecule has 0 bridgehead atoms. The van der Waals surface area contributed by atoms with Gasteiger partial charge in [0.15, 0.2) is 0 Å². The van der Waals surface area contributed by atoms with Gasteiger partial charge < -0.3 is 5.32 Å². The zero-order valence-electron chi connectivity index (χ0n) is 15.1. The number of halogens is 3. The van der Waals surface area contributed by atoms with Crippen LogP contribution in [0.5, 0.6) is 0 Å². The van der Waals surface area contributed by atoms with Crippen molar-refractivity contribution in [1.29, 1.82) is 0 Å².